The van der Waals surface area contributed by atoms with E-state index < -0.39 is 0 Å². The first-order chi connectivity index (χ1) is 6.96. The summed E-state index contributed by atoms with van der Waals surface area (Å²) in [6.45, 7) is 9.85. The summed E-state index contributed by atoms with van der Waals surface area (Å²) in [5.41, 5.74) is 2.96. The van der Waals surface area contributed by atoms with Gasteiger partial charge in [-0.2, -0.15) is 0 Å². The maximum atomic E-state index is 2.63. The van der Waals surface area contributed by atoms with E-state index in [-0.39, 0.29) is 0 Å². The van der Waals surface area contributed by atoms with Crippen LogP contribution in [-0.2, 0) is 0 Å². The largest absolute Gasteiger partial charge is 0.0790 e. The van der Waals surface area contributed by atoms with Crippen LogP contribution in [0, 0.1) is 28.6 Å². The van der Waals surface area contributed by atoms with E-state index in [1.165, 1.54) is 25.7 Å². The van der Waals surface area contributed by atoms with Gasteiger partial charge in [0.1, 0.15) is 0 Å². The summed E-state index contributed by atoms with van der Waals surface area (Å²) in [6, 6.07) is 0. The molecule has 1 spiro atoms. The lowest BCUT2D eigenvalue weighted by molar-refractivity contribution is 0.158. The van der Waals surface area contributed by atoms with Crippen molar-refractivity contribution in [1.82, 2.24) is 0 Å². The molecule has 0 heteroatoms. The summed E-state index contributed by atoms with van der Waals surface area (Å²) in [5, 5.41) is 0. The molecule has 4 atom stereocenters. The predicted octanol–water partition coefficient (Wildman–Crippen LogP) is 4.42. The Labute approximate surface area is 94.1 Å². The Kier molecular flexibility index (Phi) is 1.79. The standard InChI is InChI=1S/C15H24/c1-10-7-12-8-14(3,4)9-15(12)11(2)5-6-13(10)15/h8,10-11,13H,5-7,9H2,1-4H3/t10-,11+,13-,15-/m0/s1. The third kappa shape index (κ3) is 1.09. The van der Waals surface area contributed by atoms with Gasteiger partial charge in [-0.05, 0) is 54.3 Å². The fraction of sp³-hybridized carbons (Fsp3) is 0.867. The lowest BCUT2D eigenvalue weighted by Gasteiger charge is -2.36. The van der Waals surface area contributed by atoms with Gasteiger partial charge in [0.25, 0.3) is 0 Å². The fourth-order valence-corrected chi connectivity index (χ4v) is 5.22. The Bertz CT molecular complexity index is 323. The number of allylic oxidation sites excluding steroid dienone is 2. The van der Waals surface area contributed by atoms with Crippen molar-refractivity contribution in [1.29, 1.82) is 0 Å². The summed E-state index contributed by atoms with van der Waals surface area (Å²) >= 11 is 0. The third-order valence-electron chi connectivity index (χ3n) is 5.59. The molecule has 3 aliphatic carbocycles. The molecule has 0 saturated heterocycles. The highest BCUT2D eigenvalue weighted by atomic mass is 14.6. The number of hydrogen-bond donors (Lipinski definition) is 0. The highest BCUT2D eigenvalue weighted by Gasteiger charge is 2.60. The van der Waals surface area contributed by atoms with Crippen LogP contribution < -0.4 is 0 Å². The van der Waals surface area contributed by atoms with Crippen molar-refractivity contribution >= 4 is 0 Å². The van der Waals surface area contributed by atoms with Gasteiger partial charge in [0, 0.05) is 0 Å². The van der Waals surface area contributed by atoms with Gasteiger partial charge >= 0.3 is 0 Å². The zero-order valence-corrected chi connectivity index (χ0v) is 10.6. The van der Waals surface area contributed by atoms with Gasteiger partial charge in [-0.25, -0.2) is 0 Å². The SMILES string of the molecule is C[C@@H]1CC[C@H]2[C@@H](C)CC3=CC(C)(C)C[C@@]312. The second-order valence-corrected chi connectivity index (χ2v) is 7.14. The van der Waals surface area contributed by atoms with Crippen LogP contribution in [0.25, 0.3) is 0 Å². The van der Waals surface area contributed by atoms with Crippen LogP contribution in [0.15, 0.2) is 11.6 Å². The fourth-order valence-electron chi connectivity index (χ4n) is 5.22. The maximum absolute atomic E-state index is 2.63. The first kappa shape index (κ1) is 9.93. The van der Waals surface area contributed by atoms with Crippen LogP contribution in [0.2, 0.25) is 0 Å². The molecule has 84 valence electrons. The van der Waals surface area contributed by atoms with Crippen molar-refractivity contribution in [2.24, 2.45) is 28.6 Å². The molecule has 15 heavy (non-hydrogen) atoms. The van der Waals surface area contributed by atoms with Crippen LogP contribution >= 0.6 is 0 Å². The molecular formula is C15H24. The molecular weight excluding hydrogens is 180 g/mol. The van der Waals surface area contributed by atoms with Crippen LogP contribution in [0.5, 0.6) is 0 Å². The van der Waals surface area contributed by atoms with E-state index in [0.717, 1.165) is 17.8 Å². The summed E-state index contributed by atoms with van der Waals surface area (Å²) in [7, 11) is 0. The van der Waals surface area contributed by atoms with Gasteiger partial charge in [0.05, 0.1) is 0 Å². The van der Waals surface area contributed by atoms with Crippen molar-refractivity contribution in [3.8, 4) is 0 Å². The lowest BCUT2D eigenvalue weighted by atomic mass is 9.68. The van der Waals surface area contributed by atoms with E-state index in [0.29, 0.717) is 10.8 Å². The quantitative estimate of drug-likeness (QED) is 0.513. The minimum absolute atomic E-state index is 0.478. The Balaban J connectivity index is 2.08. The second-order valence-electron chi connectivity index (χ2n) is 7.14. The molecule has 0 bridgehead atoms. The predicted molar refractivity (Wildman–Crippen MR) is 64.6 cm³/mol. The van der Waals surface area contributed by atoms with Crippen LogP contribution in [0.3, 0.4) is 0 Å². The van der Waals surface area contributed by atoms with Gasteiger partial charge in [-0.3, -0.25) is 0 Å². The van der Waals surface area contributed by atoms with Crippen molar-refractivity contribution in [3.63, 3.8) is 0 Å². The second kappa shape index (κ2) is 2.70. The van der Waals surface area contributed by atoms with Crippen molar-refractivity contribution in [3.05, 3.63) is 11.6 Å². The van der Waals surface area contributed by atoms with E-state index in [9.17, 15) is 0 Å². The van der Waals surface area contributed by atoms with E-state index >= 15 is 0 Å². The van der Waals surface area contributed by atoms with Crippen molar-refractivity contribution < 1.29 is 0 Å². The monoisotopic (exact) mass is 204 g/mol. The average molecular weight is 204 g/mol. The maximum Gasteiger partial charge on any atom is -0.00233 e. The molecule has 3 rings (SSSR count). The third-order valence-corrected chi connectivity index (χ3v) is 5.59. The molecule has 0 aromatic rings. The van der Waals surface area contributed by atoms with Crippen molar-refractivity contribution in [2.75, 3.05) is 0 Å². The molecule has 0 aromatic heterocycles. The topological polar surface area (TPSA) is 0 Å². The number of rotatable bonds is 0. The molecule has 0 aliphatic heterocycles. The molecule has 0 heterocycles. The van der Waals surface area contributed by atoms with Crippen LogP contribution in [0.4, 0.5) is 0 Å². The summed E-state index contributed by atoms with van der Waals surface area (Å²) in [5.74, 6) is 2.92. The zero-order chi connectivity index (χ0) is 10.8. The summed E-state index contributed by atoms with van der Waals surface area (Å²) in [6.07, 6.45) is 8.44. The van der Waals surface area contributed by atoms with E-state index in [4.69, 9.17) is 0 Å². The normalized spacial score (nSPS) is 51.5. The first-order valence-corrected chi connectivity index (χ1v) is 6.68. The minimum atomic E-state index is 0.478. The highest BCUT2D eigenvalue weighted by Crippen LogP contribution is 2.69. The smallest absolute Gasteiger partial charge is 0.00233 e. The van der Waals surface area contributed by atoms with Gasteiger partial charge in [0.2, 0.25) is 0 Å². The average Bonchev–Trinajstić information content (AvgIpc) is 2.61. The minimum Gasteiger partial charge on any atom is -0.0790 e. The van der Waals surface area contributed by atoms with Gasteiger partial charge in [-0.1, -0.05) is 39.3 Å². The molecule has 2 saturated carbocycles. The number of hydrogen-bond acceptors (Lipinski definition) is 0. The van der Waals surface area contributed by atoms with Crippen molar-refractivity contribution in [2.45, 2.75) is 53.4 Å². The zero-order valence-electron chi connectivity index (χ0n) is 10.6. The summed E-state index contributed by atoms with van der Waals surface area (Å²) in [4.78, 5) is 0. The Morgan fingerprint density at radius 2 is 1.93 bits per heavy atom. The summed E-state index contributed by atoms with van der Waals surface area (Å²) < 4.78 is 0. The van der Waals surface area contributed by atoms with E-state index in [1.807, 2.05) is 5.57 Å². The van der Waals surface area contributed by atoms with Crippen LogP contribution in [0.1, 0.15) is 53.4 Å². The Hall–Kier alpha value is -0.260. The van der Waals surface area contributed by atoms with E-state index in [1.54, 1.807) is 0 Å². The molecule has 0 amide bonds. The van der Waals surface area contributed by atoms with Crippen LogP contribution in [-0.4, -0.2) is 0 Å². The lowest BCUT2D eigenvalue weighted by Crippen LogP contribution is -2.29. The molecule has 0 unspecified atom stereocenters. The molecule has 3 aliphatic rings. The van der Waals surface area contributed by atoms with E-state index in [2.05, 4.69) is 33.8 Å². The molecule has 2 fully saturated rings. The molecule has 0 N–H and O–H groups in total. The van der Waals surface area contributed by atoms with Gasteiger partial charge < -0.3 is 0 Å². The first-order valence-electron chi connectivity index (χ1n) is 6.68. The van der Waals surface area contributed by atoms with Gasteiger partial charge in [-0.15, -0.1) is 0 Å². The Morgan fingerprint density at radius 3 is 2.67 bits per heavy atom. The Morgan fingerprint density at radius 1 is 1.20 bits per heavy atom. The molecule has 0 radical (unpaired) electrons. The molecule has 0 aromatic carbocycles. The molecule has 0 nitrogen and oxygen atoms in total. The van der Waals surface area contributed by atoms with Gasteiger partial charge in [0.15, 0.2) is 0 Å². The highest BCUT2D eigenvalue weighted by molar-refractivity contribution is 5.34.